The van der Waals surface area contributed by atoms with Crippen molar-refractivity contribution in [3.63, 3.8) is 0 Å². The van der Waals surface area contributed by atoms with Gasteiger partial charge >= 0.3 is 0 Å². The van der Waals surface area contributed by atoms with Gasteiger partial charge in [0.1, 0.15) is 0 Å². The van der Waals surface area contributed by atoms with Gasteiger partial charge in [-0.25, -0.2) is 0 Å². The number of carbonyl (C=O) groups is 1. The summed E-state index contributed by atoms with van der Waals surface area (Å²) in [6, 6.07) is 19.7. The number of amides is 1. The molecule has 0 aliphatic carbocycles. The van der Waals surface area contributed by atoms with Crippen LogP contribution in [0.15, 0.2) is 60.7 Å². The molecule has 1 amide bonds. The molecule has 0 saturated carbocycles. The Balaban J connectivity index is 1.83. The predicted molar refractivity (Wildman–Crippen MR) is 86.8 cm³/mol. The average molecular weight is 295 g/mol. The van der Waals surface area contributed by atoms with Crippen LogP contribution in [0, 0.1) is 0 Å². The van der Waals surface area contributed by atoms with Crippen LogP contribution in [-0.2, 0) is 5.41 Å². The molecule has 22 heavy (non-hydrogen) atoms. The minimum Gasteiger partial charge on any atom is -0.396 e. The number of nitrogens with zero attached hydrogens (tertiary/aromatic N) is 1. The molecule has 0 aromatic heterocycles. The maximum atomic E-state index is 12.6. The highest BCUT2D eigenvalue weighted by Crippen LogP contribution is 2.38. The molecule has 3 nitrogen and oxygen atoms in total. The third-order valence-electron chi connectivity index (χ3n) is 4.64. The van der Waals surface area contributed by atoms with Crippen molar-refractivity contribution in [1.82, 2.24) is 4.90 Å². The summed E-state index contributed by atoms with van der Waals surface area (Å²) in [5, 5.41) is 9.49. The summed E-state index contributed by atoms with van der Waals surface area (Å²) < 4.78 is 0. The summed E-state index contributed by atoms with van der Waals surface area (Å²) in [5.74, 6) is 0.0799. The monoisotopic (exact) mass is 295 g/mol. The van der Waals surface area contributed by atoms with Gasteiger partial charge in [0.15, 0.2) is 0 Å². The third-order valence-corrected chi connectivity index (χ3v) is 4.64. The van der Waals surface area contributed by atoms with Crippen molar-refractivity contribution >= 4 is 5.91 Å². The van der Waals surface area contributed by atoms with Crippen LogP contribution in [0.5, 0.6) is 0 Å². The van der Waals surface area contributed by atoms with E-state index in [2.05, 4.69) is 12.1 Å². The van der Waals surface area contributed by atoms with Gasteiger partial charge in [-0.1, -0.05) is 48.5 Å². The van der Waals surface area contributed by atoms with Crippen LogP contribution in [0.4, 0.5) is 0 Å². The normalized spacial score (nSPS) is 21.0. The van der Waals surface area contributed by atoms with Crippen LogP contribution in [0.2, 0.25) is 0 Å². The van der Waals surface area contributed by atoms with Gasteiger partial charge in [-0.15, -0.1) is 0 Å². The van der Waals surface area contributed by atoms with Crippen molar-refractivity contribution < 1.29 is 9.90 Å². The van der Waals surface area contributed by atoms with E-state index in [1.807, 2.05) is 53.4 Å². The maximum absolute atomic E-state index is 12.6. The molecule has 1 atom stereocenters. The fourth-order valence-electron chi connectivity index (χ4n) is 3.40. The van der Waals surface area contributed by atoms with Crippen LogP contribution in [0.1, 0.15) is 28.8 Å². The first-order valence-corrected chi connectivity index (χ1v) is 7.76. The molecule has 3 heteroatoms. The van der Waals surface area contributed by atoms with Crippen LogP contribution in [-0.4, -0.2) is 35.6 Å². The average Bonchev–Trinajstić information content (AvgIpc) is 3.02. The van der Waals surface area contributed by atoms with Gasteiger partial charge in [-0.2, -0.15) is 0 Å². The van der Waals surface area contributed by atoms with Crippen molar-refractivity contribution in [3.05, 3.63) is 71.8 Å². The highest BCUT2D eigenvalue weighted by molar-refractivity contribution is 5.94. The van der Waals surface area contributed by atoms with E-state index in [4.69, 9.17) is 0 Å². The number of aliphatic hydroxyl groups is 1. The van der Waals surface area contributed by atoms with Gasteiger partial charge in [0, 0.05) is 30.7 Å². The standard InChI is InChI=1S/C19H21NO2/c21-14-12-19(17-9-5-2-6-10-17)11-13-20(15-19)18(22)16-7-3-1-4-8-16/h1-10,21H,11-15H2. The molecular formula is C19H21NO2. The van der Waals surface area contributed by atoms with E-state index < -0.39 is 0 Å². The first-order valence-electron chi connectivity index (χ1n) is 7.76. The molecule has 1 heterocycles. The zero-order chi connectivity index (χ0) is 15.4. The van der Waals surface area contributed by atoms with Crippen molar-refractivity contribution in [2.75, 3.05) is 19.7 Å². The molecule has 0 bridgehead atoms. The van der Waals surface area contributed by atoms with E-state index in [0.29, 0.717) is 13.0 Å². The van der Waals surface area contributed by atoms with Gasteiger partial charge in [0.2, 0.25) is 0 Å². The quantitative estimate of drug-likeness (QED) is 0.942. The fraction of sp³-hybridized carbons (Fsp3) is 0.316. The van der Waals surface area contributed by atoms with E-state index in [9.17, 15) is 9.90 Å². The Kier molecular flexibility index (Phi) is 4.25. The SMILES string of the molecule is O=C(c1ccccc1)N1CCC(CCO)(c2ccccc2)C1. The lowest BCUT2D eigenvalue weighted by atomic mass is 9.77. The smallest absolute Gasteiger partial charge is 0.253 e. The molecule has 0 spiro atoms. The largest absolute Gasteiger partial charge is 0.396 e. The number of hydrogen-bond acceptors (Lipinski definition) is 2. The number of benzene rings is 2. The number of rotatable bonds is 4. The highest BCUT2D eigenvalue weighted by atomic mass is 16.3. The lowest BCUT2D eigenvalue weighted by Crippen LogP contribution is -2.35. The van der Waals surface area contributed by atoms with Gasteiger partial charge in [0.25, 0.3) is 5.91 Å². The maximum Gasteiger partial charge on any atom is 0.253 e. The van der Waals surface area contributed by atoms with Crippen molar-refractivity contribution in [2.24, 2.45) is 0 Å². The molecule has 0 radical (unpaired) electrons. The van der Waals surface area contributed by atoms with Gasteiger partial charge in [0.05, 0.1) is 0 Å². The number of likely N-dealkylation sites (tertiary alicyclic amines) is 1. The molecule has 1 N–H and O–H groups in total. The molecule has 1 fully saturated rings. The van der Waals surface area contributed by atoms with Crippen molar-refractivity contribution in [2.45, 2.75) is 18.3 Å². The molecule has 1 aliphatic heterocycles. The summed E-state index contributed by atoms with van der Waals surface area (Å²) in [7, 11) is 0. The van der Waals surface area contributed by atoms with Gasteiger partial charge in [-0.05, 0) is 30.5 Å². The lowest BCUT2D eigenvalue weighted by molar-refractivity contribution is 0.0779. The number of hydrogen-bond donors (Lipinski definition) is 1. The second-order valence-corrected chi connectivity index (χ2v) is 5.96. The summed E-state index contributed by atoms with van der Waals surface area (Å²) >= 11 is 0. The minimum absolute atomic E-state index is 0.0799. The summed E-state index contributed by atoms with van der Waals surface area (Å²) in [4.78, 5) is 14.5. The summed E-state index contributed by atoms with van der Waals surface area (Å²) in [6.45, 7) is 1.55. The van der Waals surface area contributed by atoms with Crippen LogP contribution < -0.4 is 0 Å². The van der Waals surface area contributed by atoms with E-state index in [-0.39, 0.29) is 17.9 Å². The number of carbonyl (C=O) groups excluding carboxylic acids is 1. The second-order valence-electron chi connectivity index (χ2n) is 5.96. The van der Waals surface area contributed by atoms with Crippen LogP contribution in [0.3, 0.4) is 0 Å². The molecule has 1 unspecified atom stereocenters. The number of aliphatic hydroxyl groups excluding tert-OH is 1. The minimum atomic E-state index is -0.125. The summed E-state index contributed by atoms with van der Waals surface area (Å²) in [5.41, 5.74) is 1.82. The Morgan fingerprint density at radius 3 is 2.32 bits per heavy atom. The summed E-state index contributed by atoms with van der Waals surface area (Å²) in [6.07, 6.45) is 1.59. The molecule has 114 valence electrons. The zero-order valence-corrected chi connectivity index (χ0v) is 12.6. The predicted octanol–water partition coefficient (Wildman–Crippen LogP) is 2.85. The zero-order valence-electron chi connectivity index (χ0n) is 12.6. The van der Waals surface area contributed by atoms with E-state index in [1.54, 1.807) is 0 Å². The molecule has 3 rings (SSSR count). The highest BCUT2D eigenvalue weighted by Gasteiger charge is 2.40. The first kappa shape index (κ1) is 14.8. The molecule has 1 saturated heterocycles. The van der Waals surface area contributed by atoms with E-state index in [1.165, 1.54) is 5.56 Å². The van der Waals surface area contributed by atoms with E-state index in [0.717, 1.165) is 18.5 Å². The van der Waals surface area contributed by atoms with Crippen LogP contribution in [0.25, 0.3) is 0 Å². The Morgan fingerprint density at radius 2 is 1.68 bits per heavy atom. The third kappa shape index (κ3) is 2.77. The Hall–Kier alpha value is -2.13. The van der Waals surface area contributed by atoms with Crippen molar-refractivity contribution in [3.8, 4) is 0 Å². The Bertz CT molecular complexity index is 626. The topological polar surface area (TPSA) is 40.5 Å². The van der Waals surface area contributed by atoms with E-state index >= 15 is 0 Å². The molecule has 2 aromatic carbocycles. The second kappa shape index (κ2) is 6.32. The van der Waals surface area contributed by atoms with Crippen molar-refractivity contribution in [1.29, 1.82) is 0 Å². The molecular weight excluding hydrogens is 274 g/mol. The Morgan fingerprint density at radius 1 is 1.05 bits per heavy atom. The lowest BCUT2D eigenvalue weighted by Gasteiger charge is -2.29. The van der Waals surface area contributed by atoms with Gasteiger partial charge in [-0.3, -0.25) is 4.79 Å². The molecule has 1 aliphatic rings. The Labute approximate surface area is 131 Å². The fourth-order valence-corrected chi connectivity index (χ4v) is 3.40. The van der Waals surface area contributed by atoms with Crippen LogP contribution >= 0.6 is 0 Å². The first-order chi connectivity index (χ1) is 10.7. The molecule has 2 aromatic rings. The van der Waals surface area contributed by atoms with Gasteiger partial charge < -0.3 is 10.0 Å².